The molecule has 0 amide bonds. The van der Waals surface area contributed by atoms with Crippen molar-refractivity contribution in [2.24, 2.45) is 7.05 Å². The fraction of sp³-hybridized carbons (Fsp3) is 0.417. The van der Waals surface area contributed by atoms with Crippen molar-refractivity contribution in [2.45, 2.75) is 26.9 Å². The van der Waals surface area contributed by atoms with E-state index >= 15 is 0 Å². The van der Waals surface area contributed by atoms with Crippen LogP contribution in [0.25, 0.3) is 11.2 Å². The van der Waals surface area contributed by atoms with Crippen LogP contribution in [-0.2, 0) is 20.1 Å². The van der Waals surface area contributed by atoms with Gasteiger partial charge in [0.2, 0.25) is 0 Å². The van der Waals surface area contributed by atoms with Crippen LogP contribution in [0.15, 0.2) is 12.4 Å². The Balaban J connectivity index is 2.20. The molecular weight excluding hydrogens is 260 g/mol. The first-order chi connectivity index (χ1) is 9.11. The maximum atomic E-state index is 5.42. The van der Waals surface area contributed by atoms with Gasteiger partial charge >= 0.3 is 0 Å². The van der Waals surface area contributed by atoms with Crippen molar-refractivity contribution < 1.29 is 0 Å². The topological polar surface area (TPSA) is 56.4 Å². The largest absolute Gasteiger partial charge is 0.337 e. The summed E-state index contributed by atoms with van der Waals surface area (Å²) in [6, 6.07) is 0. The van der Waals surface area contributed by atoms with Crippen molar-refractivity contribution in [1.82, 2.24) is 28.9 Å². The molecule has 0 atom stereocenters. The lowest BCUT2D eigenvalue weighted by molar-refractivity contribution is 0.630. The number of H-pyrrole nitrogens is 1. The Bertz CT molecular complexity index is 787. The van der Waals surface area contributed by atoms with Gasteiger partial charge in [0.15, 0.2) is 10.4 Å². The second-order valence-electron chi connectivity index (χ2n) is 4.57. The first kappa shape index (κ1) is 12.2. The number of aryl methyl sites for hydroxylation is 3. The molecule has 0 saturated carbocycles. The van der Waals surface area contributed by atoms with Gasteiger partial charge in [-0.15, -0.1) is 0 Å². The summed E-state index contributed by atoms with van der Waals surface area (Å²) in [7, 11) is 1.98. The third-order valence-electron chi connectivity index (χ3n) is 3.35. The van der Waals surface area contributed by atoms with E-state index < -0.39 is 0 Å². The third kappa shape index (κ3) is 1.81. The van der Waals surface area contributed by atoms with Crippen molar-refractivity contribution >= 4 is 23.4 Å². The Morgan fingerprint density at radius 2 is 2.21 bits per heavy atom. The van der Waals surface area contributed by atoms with Gasteiger partial charge in [0, 0.05) is 26.0 Å². The number of hydrogen-bond donors (Lipinski definition) is 1. The van der Waals surface area contributed by atoms with E-state index in [2.05, 4.69) is 26.6 Å². The Hall–Kier alpha value is -1.89. The van der Waals surface area contributed by atoms with Crippen LogP contribution in [0, 0.1) is 11.7 Å². The SMILES string of the molecule is CCn1nc(C)c2[nH]c(=S)n(Cc3nccn3C)c21. The van der Waals surface area contributed by atoms with Crippen LogP contribution in [0.1, 0.15) is 18.4 Å². The first-order valence-corrected chi connectivity index (χ1v) is 6.64. The fourth-order valence-electron chi connectivity index (χ4n) is 2.32. The quantitative estimate of drug-likeness (QED) is 0.744. The highest BCUT2D eigenvalue weighted by Crippen LogP contribution is 2.18. The summed E-state index contributed by atoms with van der Waals surface area (Å²) >= 11 is 5.42. The Morgan fingerprint density at radius 3 is 2.84 bits per heavy atom. The van der Waals surface area contributed by atoms with E-state index in [4.69, 9.17) is 12.2 Å². The van der Waals surface area contributed by atoms with Crippen LogP contribution in [0.2, 0.25) is 0 Å². The molecule has 0 spiro atoms. The molecule has 7 heteroatoms. The standard InChI is InChI=1S/C12H16N6S/c1-4-18-11-10(8(2)15-18)14-12(19)17(11)7-9-13-5-6-16(9)3/h5-6H,4,7H2,1-3H3,(H,14,19). The smallest absolute Gasteiger partial charge is 0.179 e. The molecule has 0 aliphatic rings. The lowest BCUT2D eigenvalue weighted by atomic mass is 10.4. The number of nitrogens with one attached hydrogen (secondary N) is 1. The van der Waals surface area contributed by atoms with Gasteiger partial charge in [-0.05, 0) is 26.1 Å². The van der Waals surface area contributed by atoms with E-state index in [0.717, 1.165) is 29.2 Å². The van der Waals surface area contributed by atoms with E-state index in [9.17, 15) is 0 Å². The number of nitrogens with zero attached hydrogens (tertiary/aromatic N) is 5. The van der Waals surface area contributed by atoms with E-state index in [1.54, 1.807) is 6.20 Å². The van der Waals surface area contributed by atoms with Crippen molar-refractivity contribution in [2.75, 3.05) is 0 Å². The van der Waals surface area contributed by atoms with E-state index in [1.807, 2.05) is 29.4 Å². The molecule has 0 saturated heterocycles. The zero-order valence-electron chi connectivity index (χ0n) is 11.2. The van der Waals surface area contributed by atoms with Gasteiger partial charge in [-0.25, -0.2) is 9.67 Å². The fourth-order valence-corrected chi connectivity index (χ4v) is 2.57. The number of aromatic nitrogens is 6. The summed E-state index contributed by atoms with van der Waals surface area (Å²) in [5, 5.41) is 4.51. The molecule has 1 N–H and O–H groups in total. The van der Waals surface area contributed by atoms with E-state index in [0.29, 0.717) is 11.3 Å². The number of rotatable bonds is 3. The van der Waals surface area contributed by atoms with Crippen LogP contribution < -0.4 is 0 Å². The highest BCUT2D eigenvalue weighted by molar-refractivity contribution is 7.71. The summed E-state index contributed by atoms with van der Waals surface area (Å²) in [6.07, 6.45) is 3.73. The van der Waals surface area contributed by atoms with Crippen LogP contribution in [0.4, 0.5) is 0 Å². The molecule has 100 valence electrons. The Kier molecular flexibility index (Phi) is 2.78. The average Bonchev–Trinajstić information content (AvgIpc) is 3.01. The minimum Gasteiger partial charge on any atom is -0.337 e. The second kappa shape index (κ2) is 4.34. The molecule has 3 aromatic heterocycles. The molecule has 19 heavy (non-hydrogen) atoms. The van der Waals surface area contributed by atoms with Gasteiger partial charge in [0.05, 0.1) is 12.2 Å². The maximum absolute atomic E-state index is 5.42. The van der Waals surface area contributed by atoms with Crippen molar-refractivity contribution in [3.05, 3.63) is 28.7 Å². The van der Waals surface area contributed by atoms with Gasteiger partial charge in [0.1, 0.15) is 11.3 Å². The highest BCUT2D eigenvalue weighted by Gasteiger charge is 2.15. The summed E-state index contributed by atoms with van der Waals surface area (Å²) in [6.45, 7) is 5.53. The number of aromatic amines is 1. The van der Waals surface area contributed by atoms with Gasteiger partial charge in [-0.2, -0.15) is 5.10 Å². The van der Waals surface area contributed by atoms with Gasteiger partial charge in [0.25, 0.3) is 0 Å². The predicted molar refractivity (Wildman–Crippen MR) is 75.6 cm³/mol. The van der Waals surface area contributed by atoms with Crippen LogP contribution in [-0.4, -0.2) is 28.9 Å². The third-order valence-corrected chi connectivity index (χ3v) is 3.68. The lowest BCUT2D eigenvalue weighted by Gasteiger charge is -2.06. The first-order valence-electron chi connectivity index (χ1n) is 6.24. The predicted octanol–water partition coefficient (Wildman–Crippen LogP) is 2.01. The zero-order chi connectivity index (χ0) is 13.6. The maximum Gasteiger partial charge on any atom is 0.179 e. The Labute approximate surface area is 115 Å². The summed E-state index contributed by atoms with van der Waals surface area (Å²) in [5.74, 6) is 0.971. The van der Waals surface area contributed by atoms with Crippen molar-refractivity contribution in [3.8, 4) is 0 Å². The Morgan fingerprint density at radius 1 is 1.42 bits per heavy atom. The van der Waals surface area contributed by atoms with Crippen LogP contribution in [0.5, 0.6) is 0 Å². The average molecular weight is 276 g/mol. The summed E-state index contributed by atoms with van der Waals surface area (Å²) in [4.78, 5) is 7.59. The molecule has 3 heterocycles. The molecule has 0 radical (unpaired) electrons. The normalized spacial score (nSPS) is 11.5. The lowest BCUT2D eigenvalue weighted by Crippen LogP contribution is -2.09. The molecule has 3 aromatic rings. The molecule has 0 unspecified atom stereocenters. The summed E-state index contributed by atoms with van der Waals surface area (Å²) < 4.78 is 6.73. The number of hydrogen-bond acceptors (Lipinski definition) is 3. The molecule has 0 aliphatic heterocycles. The zero-order valence-corrected chi connectivity index (χ0v) is 12.0. The van der Waals surface area contributed by atoms with Gasteiger partial charge < -0.3 is 9.55 Å². The molecule has 0 bridgehead atoms. The van der Waals surface area contributed by atoms with Gasteiger partial charge in [-0.3, -0.25) is 4.57 Å². The minimum absolute atomic E-state index is 0.646. The molecule has 0 aromatic carbocycles. The number of imidazole rings is 2. The molecule has 0 fully saturated rings. The van der Waals surface area contributed by atoms with Crippen molar-refractivity contribution in [3.63, 3.8) is 0 Å². The number of fused-ring (bicyclic) bond motifs is 1. The van der Waals surface area contributed by atoms with E-state index in [-0.39, 0.29) is 0 Å². The summed E-state index contributed by atoms with van der Waals surface area (Å²) in [5.41, 5.74) is 3.02. The monoisotopic (exact) mass is 276 g/mol. The van der Waals surface area contributed by atoms with E-state index in [1.165, 1.54) is 0 Å². The van der Waals surface area contributed by atoms with Gasteiger partial charge in [-0.1, -0.05) is 0 Å². The van der Waals surface area contributed by atoms with Crippen LogP contribution >= 0.6 is 12.2 Å². The molecule has 0 aliphatic carbocycles. The van der Waals surface area contributed by atoms with Crippen LogP contribution in [0.3, 0.4) is 0 Å². The molecule has 3 rings (SSSR count). The molecule has 6 nitrogen and oxygen atoms in total. The van der Waals surface area contributed by atoms with Crippen molar-refractivity contribution in [1.29, 1.82) is 0 Å². The minimum atomic E-state index is 0.646. The highest BCUT2D eigenvalue weighted by atomic mass is 32.1. The molecular formula is C12H16N6S. The second-order valence-corrected chi connectivity index (χ2v) is 4.96.